The van der Waals surface area contributed by atoms with Gasteiger partial charge in [-0.2, -0.15) is 0 Å². The fourth-order valence-electron chi connectivity index (χ4n) is 2.91. The predicted molar refractivity (Wildman–Crippen MR) is 104 cm³/mol. The van der Waals surface area contributed by atoms with Gasteiger partial charge in [-0.1, -0.05) is 58.4 Å². The van der Waals surface area contributed by atoms with Crippen molar-refractivity contribution >= 4 is 21.8 Å². The molecule has 0 saturated carbocycles. The van der Waals surface area contributed by atoms with Crippen molar-refractivity contribution in [3.05, 3.63) is 94.4 Å². The molecule has 5 heteroatoms. The van der Waals surface area contributed by atoms with Crippen LogP contribution in [0.4, 0.5) is 0 Å². The first-order valence-corrected chi connectivity index (χ1v) is 9.39. The van der Waals surface area contributed by atoms with Crippen molar-refractivity contribution in [1.29, 1.82) is 0 Å². The summed E-state index contributed by atoms with van der Waals surface area (Å²) in [6.07, 6.45) is 1.66. The lowest BCUT2D eigenvalue weighted by atomic mass is 10.0. The van der Waals surface area contributed by atoms with Gasteiger partial charge in [0.2, 0.25) is 0 Å². The van der Waals surface area contributed by atoms with Crippen LogP contribution in [0.2, 0.25) is 0 Å². The van der Waals surface area contributed by atoms with Gasteiger partial charge < -0.3 is 15.1 Å². The predicted octanol–water partition coefficient (Wildman–Crippen LogP) is 3.57. The quantitative estimate of drug-likeness (QED) is 0.621. The molecular weight excluding hydrogens is 392 g/mol. The molecule has 1 heterocycles. The molecule has 0 aliphatic heterocycles. The number of carbonyl (C=O) groups excluding carboxylic acids is 1. The summed E-state index contributed by atoms with van der Waals surface area (Å²) >= 11 is 3.43. The average Bonchev–Trinajstić information content (AvgIpc) is 3.17. The molecule has 0 bridgehead atoms. The van der Waals surface area contributed by atoms with Crippen LogP contribution >= 0.6 is 15.9 Å². The lowest BCUT2D eigenvalue weighted by molar-refractivity contribution is -0.678. The zero-order valence-corrected chi connectivity index (χ0v) is 16.1. The Morgan fingerprint density at radius 2 is 1.77 bits per heavy atom. The first kappa shape index (κ1) is 18.4. The highest BCUT2D eigenvalue weighted by molar-refractivity contribution is 9.10. The second-order valence-electron chi connectivity index (χ2n) is 6.18. The van der Waals surface area contributed by atoms with Gasteiger partial charge in [0, 0.05) is 10.0 Å². The molecule has 3 aromatic rings. The molecule has 2 atom stereocenters. The van der Waals surface area contributed by atoms with Crippen molar-refractivity contribution in [3.8, 4) is 0 Å². The van der Waals surface area contributed by atoms with E-state index in [1.807, 2.05) is 79.0 Å². The van der Waals surface area contributed by atoms with E-state index in [2.05, 4.69) is 21.2 Å². The molecule has 1 amide bonds. The van der Waals surface area contributed by atoms with Crippen LogP contribution < -0.4 is 10.6 Å². The molecule has 26 heavy (non-hydrogen) atoms. The monoisotopic (exact) mass is 413 g/mol. The molecule has 0 saturated heterocycles. The number of hydrogen-bond acceptors (Lipinski definition) is 2. The van der Waals surface area contributed by atoms with Gasteiger partial charge in [0.25, 0.3) is 5.91 Å². The minimum Gasteiger partial charge on any atom is -0.463 e. The van der Waals surface area contributed by atoms with Crippen molar-refractivity contribution in [2.45, 2.75) is 19.0 Å². The minimum atomic E-state index is -0.0417. The Morgan fingerprint density at radius 1 is 1.04 bits per heavy atom. The van der Waals surface area contributed by atoms with Gasteiger partial charge in [-0.3, -0.25) is 4.79 Å². The number of hydrogen-bond donors (Lipinski definition) is 2. The van der Waals surface area contributed by atoms with Crippen molar-refractivity contribution in [3.63, 3.8) is 0 Å². The highest BCUT2D eigenvalue weighted by atomic mass is 79.9. The molecule has 0 spiro atoms. The van der Waals surface area contributed by atoms with Crippen LogP contribution in [0.1, 0.15) is 35.9 Å². The van der Waals surface area contributed by atoms with E-state index in [-0.39, 0.29) is 18.0 Å². The van der Waals surface area contributed by atoms with Crippen molar-refractivity contribution < 1.29 is 14.5 Å². The summed E-state index contributed by atoms with van der Waals surface area (Å²) in [5.74, 6) is 0.831. The van der Waals surface area contributed by atoms with Gasteiger partial charge in [-0.25, -0.2) is 0 Å². The van der Waals surface area contributed by atoms with Gasteiger partial charge in [0.15, 0.2) is 18.3 Å². The van der Waals surface area contributed by atoms with Gasteiger partial charge >= 0.3 is 0 Å². The Bertz CT molecular complexity index is 817. The molecule has 0 aliphatic rings. The normalized spacial score (nSPS) is 13.2. The van der Waals surface area contributed by atoms with Gasteiger partial charge in [0.05, 0.1) is 12.3 Å². The van der Waals surface area contributed by atoms with Crippen LogP contribution in [0.3, 0.4) is 0 Å². The van der Waals surface area contributed by atoms with Crippen molar-refractivity contribution in [2.24, 2.45) is 0 Å². The van der Waals surface area contributed by atoms with E-state index in [1.54, 1.807) is 6.26 Å². The zero-order valence-electron chi connectivity index (χ0n) is 14.6. The van der Waals surface area contributed by atoms with Gasteiger partial charge in [-0.15, -0.1) is 0 Å². The fourth-order valence-corrected chi connectivity index (χ4v) is 3.17. The van der Waals surface area contributed by atoms with Crippen LogP contribution in [0.25, 0.3) is 0 Å². The van der Waals surface area contributed by atoms with Crippen LogP contribution in [-0.4, -0.2) is 12.5 Å². The fraction of sp³-hybridized carbons (Fsp3) is 0.190. The van der Waals surface area contributed by atoms with Gasteiger partial charge in [0.1, 0.15) is 0 Å². The van der Waals surface area contributed by atoms with Crippen LogP contribution in [-0.2, 0) is 4.79 Å². The number of halogens is 1. The van der Waals surface area contributed by atoms with E-state index in [4.69, 9.17) is 4.42 Å². The maximum Gasteiger partial charge on any atom is 0.275 e. The molecule has 0 unspecified atom stereocenters. The standard InChI is InChI=1S/C21H21BrN2O2/c1-15(16-9-11-18(22)12-10-16)24-20(25)14-23-21(19-8-5-13-26-19)17-6-3-2-4-7-17/h2-13,15,21,23H,14H2,1H3,(H,24,25)/p+1/t15-,21-/m1/s1. The van der Waals surface area contributed by atoms with Crippen LogP contribution in [0.5, 0.6) is 0 Å². The first-order chi connectivity index (χ1) is 12.6. The lowest BCUT2D eigenvalue weighted by Gasteiger charge is -2.16. The second-order valence-corrected chi connectivity index (χ2v) is 7.10. The van der Waals surface area contributed by atoms with E-state index < -0.39 is 0 Å². The average molecular weight is 414 g/mol. The largest absolute Gasteiger partial charge is 0.463 e. The van der Waals surface area contributed by atoms with E-state index in [0.717, 1.165) is 21.4 Å². The SMILES string of the molecule is C[C@@H](NC(=O)C[NH2+][C@H](c1ccccc1)c1ccco1)c1ccc(Br)cc1. The number of nitrogens with one attached hydrogen (secondary N) is 1. The molecule has 134 valence electrons. The highest BCUT2D eigenvalue weighted by Crippen LogP contribution is 2.18. The zero-order chi connectivity index (χ0) is 18.4. The minimum absolute atomic E-state index is 0.00657. The number of rotatable bonds is 7. The number of furan rings is 1. The Morgan fingerprint density at radius 3 is 2.42 bits per heavy atom. The number of nitrogens with two attached hydrogens (primary N) is 1. The summed E-state index contributed by atoms with van der Waals surface area (Å²) in [7, 11) is 0. The van der Waals surface area contributed by atoms with E-state index in [9.17, 15) is 4.79 Å². The second kappa shape index (κ2) is 8.83. The number of carbonyl (C=O) groups is 1. The molecular formula is C21H22BrN2O2+. The summed E-state index contributed by atoms with van der Waals surface area (Å²) in [6, 6.07) is 21.8. The van der Waals surface area contributed by atoms with Crippen LogP contribution in [0.15, 0.2) is 81.9 Å². The third-order valence-corrected chi connectivity index (χ3v) is 4.82. The molecule has 3 rings (SSSR count). The molecule has 0 radical (unpaired) electrons. The van der Waals surface area contributed by atoms with E-state index >= 15 is 0 Å². The third kappa shape index (κ3) is 4.84. The number of quaternary nitrogens is 1. The topological polar surface area (TPSA) is 58.9 Å². The van der Waals surface area contributed by atoms with Gasteiger partial charge in [-0.05, 0) is 36.8 Å². The summed E-state index contributed by atoms with van der Waals surface area (Å²) in [5, 5.41) is 5.05. The Labute approximate surface area is 161 Å². The molecule has 3 N–H and O–H groups in total. The summed E-state index contributed by atoms with van der Waals surface area (Å²) in [4.78, 5) is 12.4. The maximum absolute atomic E-state index is 12.4. The lowest BCUT2D eigenvalue weighted by Crippen LogP contribution is -2.87. The van der Waals surface area contributed by atoms with Crippen LogP contribution in [0, 0.1) is 0 Å². The van der Waals surface area contributed by atoms with Crippen molar-refractivity contribution in [2.75, 3.05) is 6.54 Å². The van der Waals surface area contributed by atoms with E-state index in [1.165, 1.54) is 0 Å². The molecule has 2 aromatic carbocycles. The molecule has 0 fully saturated rings. The smallest absolute Gasteiger partial charge is 0.275 e. The van der Waals surface area contributed by atoms with E-state index in [0.29, 0.717) is 6.54 Å². The first-order valence-electron chi connectivity index (χ1n) is 8.60. The highest BCUT2D eigenvalue weighted by Gasteiger charge is 2.22. The molecule has 1 aromatic heterocycles. The third-order valence-electron chi connectivity index (χ3n) is 4.29. The number of amides is 1. The Hall–Kier alpha value is -2.37. The van der Waals surface area contributed by atoms with Crippen molar-refractivity contribution in [1.82, 2.24) is 5.32 Å². The molecule has 0 aliphatic carbocycles. The Kier molecular flexibility index (Phi) is 6.26. The molecule has 4 nitrogen and oxygen atoms in total. The Balaban J connectivity index is 1.62. The number of benzene rings is 2. The summed E-state index contributed by atoms with van der Waals surface area (Å²) in [6.45, 7) is 2.31. The summed E-state index contributed by atoms with van der Waals surface area (Å²) < 4.78 is 6.60. The maximum atomic E-state index is 12.4. The summed E-state index contributed by atoms with van der Waals surface area (Å²) in [5.41, 5.74) is 2.18.